The fourth-order valence-corrected chi connectivity index (χ4v) is 0. The van der Waals surface area contributed by atoms with Crippen LogP contribution in [0.1, 0.15) is 0 Å². The summed E-state index contributed by atoms with van der Waals surface area (Å²) in [6, 6.07) is 0. The fraction of sp³-hybridized carbons (Fsp3) is 0. The van der Waals surface area contributed by atoms with E-state index in [1.165, 1.54) is 0 Å². The van der Waals surface area contributed by atoms with Crippen LogP contribution in [0.15, 0.2) is 0 Å². The van der Waals surface area contributed by atoms with Crippen molar-refractivity contribution in [2.75, 3.05) is 0 Å². The Morgan fingerprint density at radius 3 is 1.25 bits per heavy atom. The van der Waals surface area contributed by atoms with Gasteiger partial charge in [0.15, 0.2) is 0 Å². The zero-order chi connectivity index (χ0) is 4.00. The van der Waals surface area contributed by atoms with Crippen LogP contribution in [0.2, 0.25) is 0 Å². The first-order chi connectivity index (χ1) is 2.00. The molecule has 0 fully saturated rings. The molecule has 4 heavy (non-hydrogen) atoms. The molecule has 0 spiro atoms. The zero-order valence-corrected chi connectivity index (χ0v) is 12.8. The van der Waals surface area contributed by atoms with Gasteiger partial charge in [-0.15, -0.1) is 0 Å². The second-order valence-corrected chi connectivity index (χ2v) is 0. The van der Waals surface area contributed by atoms with Crippen molar-refractivity contribution in [3.63, 3.8) is 0 Å². The van der Waals surface area contributed by atoms with Gasteiger partial charge in [0.1, 0.15) is 0 Å². The molecule has 0 nitrogen and oxygen atoms in total. The van der Waals surface area contributed by atoms with Crippen LogP contribution in [0.25, 0.3) is 0 Å². The Bertz CT molecular complexity index is 8.00. The average Bonchev–Trinajstić information content (AvgIpc) is 1.50. The van der Waals surface area contributed by atoms with Crippen LogP contribution in [0.5, 0.6) is 0 Å². The van der Waals surface area contributed by atoms with E-state index < -0.39 is 0 Å². The second-order valence-electron chi connectivity index (χ2n) is 0. The molecule has 0 aliphatic rings. The van der Waals surface area contributed by atoms with Crippen molar-refractivity contribution in [2.24, 2.45) is 0 Å². The molecule has 0 aliphatic heterocycles. The molecule has 4 heteroatoms. The van der Waals surface area contributed by atoms with Gasteiger partial charge in [-0.3, -0.25) is 0 Å². The molecule has 16 valence electrons. The number of hydrogen-bond donors (Lipinski definition) is 0. The van der Waals surface area contributed by atoms with E-state index in [-0.39, 0.29) is 0 Å². The van der Waals surface area contributed by atoms with E-state index in [1.54, 1.807) is 0 Å². The monoisotopic (exact) mass is 340 g/mol. The molecule has 0 heterocycles. The molecule has 0 saturated heterocycles. The van der Waals surface area contributed by atoms with Crippen molar-refractivity contribution in [3.05, 3.63) is 0 Å². The van der Waals surface area contributed by atoms with E-state index in [1.807, 2.05) is 0 Å². The van der Waals surface area contributed by atoms with Crippen molar-refractivity contribution in [2.45, 2.75) is 0 Å². The Hall–Kier alpha value is 2.58. The average molecular weight is 336 g/mol. The van der Waals surface area contributed by atoms with Crippen molar-refractivity contribution >= 4 is 20.1 Å². The summed E-state index contributed by atoms with van der Waals surface area (Å²) in [4.78, 5) is 0. The van der Waals surface area contributed by atoms with Gasteiger partial charge in [0, 0.05) is 0 Å². The number of rotatable bonds is 0. The zero-order valence-electron chi connectivity index (χ0n) is 2.23. The van der Waals surface area contributed by atoms with E-state index >= 15 is 0 Å². The van der Waals surface area contributed by atoms with Gasteiger partial charge in [-0.05, 0) is 0 Å². The van der Waals surface area contributed by atoms with E-state index in [0.717, 1.165) is 46.4 Å². The topological polar surface area (TPSA) is 0 Å². The summed E-state index contributed by atoms with van der Waals surface area (Å²) in [5.74, 6) is 0. The third-order valence-corrected chi connectivity index (χ3v) is 0. The predicted molar refractivity (Wildman–Crippen MR) is 13.3 cm³/mol. The van der Waals surface area contributed by atoms with Crippen LogP contribution in [0, 0.1) is 0 Å². The minimum absolute atomic E-state index is 0.733. The quantitative estimate of drug-likeness (QED) is 0.572. The van der Waals surface area contributed by atoms with E-state index in [9.17, 15) is 0 Å². The molecular formula is Cd2SSe. The third kappa shape index (κ3) is 8.82. The summed E-state index contributed by atoms with van der Waals surface area (Å²) in [5, 5.41) is 0. The first kappa shape index (κ1) is 9.77. The van der Waals surface area contributed by atoms with E-state index in [4.69, 9.17) is 0 Å². The van der Waals surface area contributed by atoms with Gasteiger partial charge in [-0.2, -0.15) is 0 Å². The van der Waals surface area contributed by atoms with Crippen LogP contribution < -0.4 is 0 Å². The van der Waals surface area contributed by atoms with Crippen LogP contribution >= 0.6 is 8.65 Å². The van der Waals surface area contributed by atoms with Crippen molar-refractivity contribution in [1.82, 2.24) is 0 Å². The van der Waals surface area contributed by atoms with Gasteiger partial charge in [0.2, 0.25) is 0 Å². The Labute approximate surface area is 65.1 Å². The maximum atomic E-state index is 4.25. The van der Waals surface area contributed by atoms with Crippen LogP contribution in [0.3, 0.4) is 0 Å². The standard InChI is InChI=1S/2Cd.S.Se. The predicted octanol–water partition coefficient (Wildman–Crippen LogP) is 0.262. The fourth-order valence-electron chi connectivity index (χ4n) is 0. The summed E-state index contributed by atoms with van der Waals surface area (Å²) >= 11 is 4.55. The van der Waals surface area contributed by atoms with Gasteiger partial charge < -0.3 is 0 Å². The molecule has 0 N–H and O–H groups in total. The molecule has 0 aliphatic carbocycles. The van der Waals surface area contributed by atoms with Crippen molar-refractivity contribution in [3.8, 4) is 0 Å². The molecule has 0 unspecified atom stereocenters. The molecule has 0 bridgehead atoms. The summed E-state index contributed by atoms with van der Waals surface area (Å²) < 4.78 is 0. The Balaban J connectivity index is 0. The maximum absolute atomic E-state index is 4.25. The summed E-state index contributed by atoms with van der Waals surface area (Å²) in [6.07, 6.45) is 0. The molecule has 0 aromatic carbocycles. The van der Waals surface area contributed by atoms with Gasteiger partial charge >= 0.3 is 66.5 Å². The molecule has 0 aromatic rings. The Kier molecular flexibility index (Phi) is 42.9. The van der Waals surface area contributed by atoms with Crippen LogP contribution in [-0.2, 0) is 46.4 Å². The summed E-state index contributed by atoms with van der Waals surface area (Å²) in [6.45, 7) is 0. The van der Waals surface area contributed by atoms with Crippen molar-refractivity contribution < 1.29 is 46.4 Å². The molecular weight excluding hydrogens is 336 g/mol. The van der Waals surface area contributed by atoms with Gasteiger partial charge in [-0.1, -0.05) is 0 Å². The summed E-state index contributed by atoms with van der Waals surface area (Å²) in [7, 11) is 4.25. The molecule has 0 amide bonds. The Morgan fingerprint density at radius 1 is 1.25 bits per heavy atom. The normalized spacial score (nSPS) is 3.00. The van der Waals surface area contributed by atoms with Gasteiger partial charge in [0.05, 0.1) is 0 Å². The molecule has 0 radical (unpaired) electrons. The van der Waals surface area contributed by atoms with Crippen LogP contribution in [0.4, 0.5) is 0 Å². The molecule has 0 aromatic heterocycles. The Morgan fingerprint density at radius 2 is 1.25 bits per heavy atom. The number of hydrogen-bond acceptors (Lipinski definition) is 1. The SMILES string of the molecule is [S]=[Cd].[Se]=[Cd]. The third-order valence-electron chi connectivity index (χ3n) is 0. The van der Waals surface area contributed by atoms with Crippen molar-refractivity contribution in [1.29, 1.82) is 0 Å². The van der Waals surface area contributed by atoms with Gasteiger partial charge in [-0.25, -0.2) is 0 Å². The summed E-state index contributed by atoms with van der Waals surface area (Å²) in [5.41, 5.74) is 0. The van der Waals surface area contributed by atoms with E-state index in [0.29, 0.717) is 0 Å². The molecule has 0 atom stereocenters. The first-order valence-electron chi connectivity index (χ1n) is 0.577. The molecule has 0 rings (SSSR count). The second kappa shape index (κ2) is 17.6. The van der Waals surface area contributed by atoms with E-state index in [2.05, 4.69) is 20.1 Å². The first-order valence-corrected chi connectivity index (χ1v) is 15.9. The van der Waals surface area contributed by atoms with Gasteiger partial charge in [0.25, 0.3) is 0 Å². The molecule has 0 saturated carbocycles. The minimum atomic E-state index is 0.733. The van der Waals surface area contributed by atoms with Crippen LogP contribution in [-0.4, -0.2) is 11.5 Å².